The summed E-state index contributed by atoms with van der Waals surface area (Å²) in [5.41, 5.74) is 32.0. The van der Waals surface area contributed by atoms with Crippen molar-refractivity contribution >= 4 is 60.1 Å². The highest BCUT2D eigenvalue weighted by Crippen LogP contribution is 2.07. The highest BCUT2D eigenvalue weighted by atomic mass is 32.1. The Morgan fingerprint density at radius 2 is 0.907 bits per heavy atom. The lowest BCUT2D eigenvalue weighted by Gasteiger charge is -2.26. The number of aliphatic imine (C=N–C) groups is 3. The molecule has 0 rings (SSSR count). The van der Waals surface area contributed by atoms with Crippen LogP contribution < -0.4 is 55.7 Å². The number of carboxylic acids is 1. The zero-order valence-electron chi connectivity index (χ0n) is 24.1. The van der Waals surface area contributed by atoms with Crippen LogP contribution in [0.4, 0.5) is 0 Å². The van der Waals surface area contributed by atoms with Crippen LogP contribution in [0.3, 0.4) is 0 Å². The van der Waals surface area contributed by atoms with E-state index in [2.05, 4.69) is 48.9 Å². The Hall–Kier alpha value is -4.49. The van der Waals surface area contributed by atoms with Crippen molar-refractivity contribution in [3.05, 3.63) is 0 Å². The predicted molar refractivity (Wildman–Crippen MR) is 165 cm³/mol. The second kappa shape index (κ2) is 21.2. The van der Waals surface area contributed by atoms with Crippen molar-refractivity contribution < 1.29 is 29.1 Å². The number of carbonyl (C=O) groups excluding carboxylic acids is 4. The molecule has 43 heavy (non-hydrogen) atoms. The van der Waals surface area contributed by atoms with Crippen molar-refractivity contribution in [3.8, 4) is 0 Å². The zero-order chi connectivity index (χ0) is 32.9. The second-order valence-corrected chi connectivity index (χ2v) is 9.67. The average molecular weight is 632 g/mol. The second-order valence-electron chi connectivity index (χ2n) is 9.30. The van der Waals surface area contributed by atoms with Gasteiger partial charge < -0.3 is 60.8 Å². The number of carboxylic acid groups (broad SMARTS) is 1. The number of carbonyl (C=O) groups is 5. The SMILES string of the molecule is CC(=O)N[C@H](CCCN=C(N)N)C(=O)N[C@H](CCCN=C(N)N)C(=O)N[C@H](CCCN=C(N)N)C(=O)N[C@H](CS)C(=O)O. The van der Waals surface area contributed by atoms with E-state index >= 15 is 0 Å². The van der Waals surface area contributed by atoms with Gasteiger partial charge in [0.1, 0.15) is 24.2 Å². The predicted octanol–water partition coefficient (Wildman–Crippen LogP) is -4.88. The molecule has 0 aliphatic heterocycles. The number of hydrogen-bond donors (Lipinski definition) is 12. The quantitative estimate of drug-likeness (QED) is 0.0245. The van der Waals surface area contributed by atoms with E-state index in [0.29, 0.717) is 6.42 Å². The van der Waals surface area contributed by atoms with Gasteiger partial charge in [0.2, 0.25) is 23.6 Å². The highest BCUT2D eigenvalue weighted by Gasteiger charge is 2.30. The summed E-state index contributed by atoms with van der Waals surface area (Å²) in [6, 6.07) is -4.75. The van der Waals surface area contributed by atoms with E-state index in [-0.39, 0.29) is 75.4 Å². The van der Waals surface area contributed by atoms with Crippen LogP contribution >= 0.6 is 12.6 Å². The van der Waals surface area contributed by atoms with Gasteiger partial charge in [-0.2, -0.15) is 12.6 Å². The first kappa shape index (κ1) is 38.5. The summed E-state index contributed by atoms with van der Waals surface area (Å²) in [6.07, 6.45) is 1.07. The molecule has 0 spiro atoms. The van der Waals surface area contributed by atoms with E-state index in [0.717, 1.165) is 0 Å². The summed E-state index contributed by atoms with van der Waals surface area (Å²) in [4.78, 5) is 74.3. The lowest BCUT2D eigenvalue weighted by atomic mass is 10.1. The molecule has 0 unspecified atom stereocenters. The monoisotopic (exact) mass is 631 g/mol. The number of rotatable bonds is 21. The van der Waals surface area contributed by atoms with Crippen molar-refractivity contribution in [2.45, 2.75) is 69.6 Å². The van der Waals surface area contributed by atoms with Gasteiger partial charge in [-0.05, 0) is 38.5 Å². The van der Waals surface area contributed by atoms with Crippen LogP contribution in [-0.2, 0) is 24.0 Å². The molecule has 4 amide bonds. The molecule has 244 valence electrons. The molecule has 0 fully saturated rings. The highest BCUT2D eigenvalue weighted by molar-refractivity contribution is 7.80. The minimum Gasteiger partial charge on any atom is -0.480 e. The van der Waals surface area contributed by atoms with E-state index in [4.69, 9.17) is 34.4 Å². The van der Waals surface area contributed by atoms with Crippen LogP contribution in [0.1, 0.15) is 45.4 Å². The lowest BCUT2D eigenvalue weighted by molar-refractivity contribution is -0.141. The maximum atomic E-state index is 13.4. The van der Waals surface area contributed by atoms with Gasteiger partial charge in [0.05, 0.1) is 0 Å². The molecule has 4 atom stereocenters. The van der Waals surface area contributed by atoms with Gasteiger partial charge in [-0.3, -0.25) is 34.2 Å². The first-order valence-electron chi connectivity index (χ1n) is 13.4. The molecule has 0 heterocycles. The Labute approximate surface area is 254 Å². The van der Waals surface area contributed by atoms with Gasteiger partial charge in [0, 0.05) is 32.3 Å². The Morgan fingerprint density at radius 1 is 0.605 bits per heavy atom. The fourth-order valence-corrected chi connectivity index (χ4v) is 3.81. The number of thiol groups is 1. The molecule has 0 aromatic heterocycles. The fourth-order valence-electron chi connectivity index (χ4n) is 3.56. The van der Waals surface area contributed by atoms with Gasteiger partial charge in [-0.1, -0.05) is 0 Å². The molecule has 19 nitrogen and oxygen atoms in total. The smallest absolute Gasteiger partial charge is 0.327 e. The first-order chi connectivity index (χ1) is 20.2. The maximum absolute atomic E-state index is 13.4. The molecule has 0 bridgehead atoms. The van der Waals surface area contributed by atoms with Gasteiger partial charge in [0.25, 0.3) is 0 Å². The maximum Gasteiger partial charge on any atom is 0.327 e. The summed E-state index contributed by atoms with van der Waals surface area (Å²) >= 11 is 3.94. The number of nitrogens with one attached hydrogen (secondary N) is 4. The molecule has 0 saturated heterocycles. The summed E-state index contributed by atoms with van der Waals surface area (Å²) < 4.78 is 0. The largest absolute Gasteiger partial charge is 0.480 e. The molecule has 0 aromatic carbocycles. The standard InChI is InChI=1S/C23H45N13O6S/c1-12(37)33-13(5-2-8-30-21(24)25)17(38)34-14(6-3-9-31-22(26)27)18(39)35-15(7-4-10-32-23(28)29)19(40)36-16(11-43)20(41)42/h13-16,43H,2-11H2,1H3,(H,33,37)(H,34,38)(H,35,39)(H,36,40)(H,41,42)(H4,24,25,30)(H4,26,27,31)(H4,28,29,32)/t13-,14-,15-,16-/m1/s1. The van der Waals surface area contributed by atoms with Gasteiger partial charge in [-0.15, -0.1) is 0 Å². The number of amides is 4. The fraction of sp³-hybridized carbons (Fsp3) is 0.652. The van der Waals surface area contributed by atoms with Crippen molar-refractivity contribution in [1.29, 1.82) is 0 Å². The van der Waals surface area contributed by atoms with Crippen LogP contribution in [0.15, 0.2) is 15.0 Å². The molecule has 17 N–H and O–H groups in total. The van der Waals surface area contributed by atoms with Gasteiger partial charge >= 0.3 is 5.97 Å². The molecule has 0 aliphatic carbocycles. The third kappa shape index (κ3) is 18.5. The lowest BCUT2D eigenvalue weighted by Crippen LogP contribution is -2.57. The molecule has 0 saturated carbocycles. The number of hydrogen-bond acceptors (Lipinski definition) is 9. The third-order valence-electron chi connectivity index (χ3n) is 5.59. The zero-order valence-corrected chi connectivity index (χ0v) is 25.0. The summed E-state index contributed by atoms with van der Waals surface area (Å²) in [6.45, 7) is 1.71. The third-order valence-corrected chi connectivity index (χ3v) is 5.96. The Bertz CT molecular complexity index is 1030. The Balaban J connectivity index is 5.93. The van der Waals surface area contributed by atoms with Crippen molar-refractivity contribution in [2.75, 3.05) is 25.4 Å². The molecule has 0 aromatic rings. The first-order valence-corrected chi connectivity index (χ1v) is 14.0. The van der Waals surface area contributed by atoms with Crippen molar-refractivity contribution in [2.24, 2.45) is 49.4 Å². The Kier molecular flexibility index (Phi) is 19.0. The van der Waals surface area contributed by atoms with Gasteiger partial charge in [-0.25, -0.2) is 4.79 Å². The van der Waals surface area contributed by atoms with Crippen molar-refractivity contribution in [1.82, 2.24) is 21.3 Å². The molecule has 20 heteroatoms. The van der Waals surface area contributed by atoms with Crippen LogP contribution in [0.5, 0.6) is 0 Å². The normalized spacial score (nSPS) is 13.2. The van der Waals surface area contributed by atoms with Crippen LogP contribution in [-0.4, -0.2) is 102 Å². The van der Waals surface area contributed by atoms with Gasteiger partial charge in [0.15, 0.2) is 17.9 Å². The van der Waals surface area contributed by atoms with Crippen LogP contribution in [0.2, 0.25) is 0 Å². The number of aliphatic carboxylic acids is 1. The average Bonchev–Trinajstić information content (AvgIpc) is 2.91. The summed E-state index contributed by atoms with van der Waals surface area (Å²) in [5, 5.41) is 19.3. The molecule has 0 aliphatic rings. The molecule has 0 radical (unpaired) electrons. The number of guanidine groups is 3. The summed E-state index contributed by atoms with van der Waals surface area (Å²) in [5.74, 6) is -4.66. The van der Waals surface area contributed by atoms with Crippen LogP contribution in [0, 0.1) is 0 Å². The minimum atomic E-state index is -1.32. The summed E-state index contributed by atoms with van der Waals surface area (Å²) in [7, 11) is 0. The van der Waals surface area contributed by atoms with Crippen molar-refractivity contribution in [3.63, 3.8) is 0 Å². The topological polar surface area (TPSA) is 347 Å². The van der Waals surface area contributed by atoms with E-state index < -0.39 is 53.8 Å². The minimum absolute atomic E-state index is 0.0290. The number of nitrogens with two attached hydrogens (primary N) is 6. The van der Waals surface area contributed by atoms with E-state index in [1.807, 2.05) is 0 Å². The molecular formula is C23H45N13O6S. The Morgan fingerprint density at radius 3 is 1.16 bits per heavy atom. The molecular weight excluding hydrogens is 586 g/mol. The van der Waals surface area contributed by atoms with Crippen LogP contribution in [0.25, 0.3) is 0 Å². The van der Waals surface area contributed by atoms with E-state index in [9.17, 15) is 29.1 Å². The van der Waals surface area contributed by atoms with E-state index in [1.54, 1.807) is 0 Å². The van der Waals surface area contributed by atoms with E-state index in [1.165, 1.54) is 6.92 Å². The number of nitrogens with zero attached hydrogens (tertiary/aromatic N) is 3.